The molecule has 148 valence electrons. The molecule has 0 spiro atoms. The standard InChI is InChI=1S/C21H18BrN3O3S/c1-21(15-8-4-5-9-16(15)22)19(26)25(20(27)24-21)11-13-12-29-18(23-13)14-7-3-6-10-17(14)28-2/h3-10,12H,11H2,1-2H3,(H,24,27). The van der Waals surface area contributed by atoms with E-state index in [-0.39, 0.29) is 12.5 Å². The van der Waals surface area contributed by atoms with Gasteiger partial charge >= 0.3 is 6.03 Å². The highest BCUT2D eigenvalue weighted by Gasteiger charge is 2.49. The number of hydrogen-bond acceptors (Lipinski definition) is 5. The summed E-state index contributed by atoms with van der Waals surface area (Å²) >= 11 is 4.92. The molecule has 2 aromatic carbocycles. The number of amides is 3. The number of aromatic nitrogens is 1. The van der Waals surface area contributed by atoms with Gasteiger partial charge in [0.2, 0.25) is 0 Å². The highest BCUT2D eigenvalue weighted by Crippen LogP contribution is 2.35. The van der Waals surface area contributed by atoms with Gasteiger partial charge in [-0.05, 0) is 25.1 Å². The fraction of sp³-hybridized carbons (Fsp3) is 0.190. The first kappa shape index (κ1) is 19.6. The fourth-order valence-electron chi connectivity index (χ4n) is 3.38. The molecule has 6 nitrogen and oxygen atoms in total. The lowest BCUT2D eigenvalue weighted by Gasteiger charge is -2.23. The van der Waals surface area contributed by atoms with Crippen molar-refractivity contribution >= 4 is 39.2 Å². The topological polar surface area (TPSA) is 71.5 Å². The minimum Gasteiger partial charge on any atom is -0.496 e. The number of thiazole rings is 1. The van der Waals surface area contributed by atoms with Crippen LogP contribution >= 0.6 is 27.3 Å². The molecule has 0 radical (unpaired) electrons. The van der Waals surface area contributed by atoms with Crippen LogP contribution in [0.15, 0.2) is 58.4 Å². The Kier molecular flexibility index (Phi) is 5.14. The average molecular weight is 472 g/mol. The Morgan fingerprint density at radius 2 is 1.90 bits per heavy atom. The molecule has 1 saturated heterocycles. The first-order valence-electron chi connectivity index (χ1n) is 8.91. The lowest BCUT2D eigenvalue weighted by Crippen LogP contribution is -2.41. The van der Waals surface area contributed by atoms with Crippen LogP contribution in [0.2, 0.25) is 0 Å². The summed E-state index contributed by atoms with van der Waals surface area (Å²) in [5, 5.41) is 5.46. The van der Waals surface area contributed by atoms with Gasteiger partial charge in [0.25, 0.3) is 5.91 Å². The largest absolute Gasteiger partial charge is 0.496 e. The summed E-state index contributed by atoms with van der Waals surface area (Å²) in [4.78, 5) is 31.6. The minimum atomic E-state index is -1.13. The number of nitrogens with zero attached hydrogens (tertiary/aromatic N) is 2. The van der Waals surface area contributed by atoms with Crippen molar-refractivity contribution in [3.05, 3.63) is 69.6 Å². The maximum atomic E-state index is 13.1. The number of ether oxygens (including phenoxy) is 1. The number of urea groups is 1. The van der Waals surface area contributed by atoms with Crippen LogP contribution in [0.25, 0.3) is 10.6 Å². The van der Waals surface area contributed by atoms with Crippen molar-refractivity contribution in [3.8, 4) is 16.3 Å². The molecule has 3 aromatic rings. The lowest BCUT2D eigenvalue weighted by molar-refractivity contribution is -0.131. The number of imide groups is 1. The smallest absolute Gasteiger partial charge is 0.325 e. The van der Waals surface area contributed by atoms with Gasteiger partial charge in [0, 0.05) is 15.4 Å². The highest BCUT2D eigenvalue weighted by atomic mass is 79.9. The zero-order chi connectivity index (χ0) is 20.6. The number of hydrogen-bond donors (Lipinski definition) is 1. The molecule has 1 unspecified atom stereocenters. The molecule has 1 aromatic heterocycles. The number of methoxy groups -OCH3 is 1. The fourth-order valence-corrected chi connectivity index (χ4v) is 4.90. The number of carbonyl (C=O) groups excluding carboxylic acids is 2. The summed E-state index contributed by atoms with van der Waals surface area (Å²) in [6, 6.07) is 14.6. The van der Waals surface area contributed by atoms with Crippen LogP contribution in [0.1, 0.15) is 18.2 Å². The van der Waals surface area contributed by atoms with Gasteiger partial charge in [0.15, 0.2) is 0 Å². The zero-order valence-corrected chi connectivity index (χ0v) is 18.2. The van der Waals surface area contributed by atoms with Gasteiger partial charge in [-0.25, -0.2) is 9.78 Å². The highest BCUT2D eigenvalue weighted by molar-refractivity contribution is 9.10. The Bertz CT molecular complexity index is 1100. The van der Waals surface area contributed by atoms with Crippen LogP contribution in [0.5, 0.6) is 5.75 Å². The van der Waals surface area contributed by atoms with Crippen molar-refractivity contribution in [1.29, 1.82) is 0 Å². The third-order valence-electron chi connectivity index (χ3n) is 4.90. The third kappa shape index (κ3) is 3.42. The molecule has 0 aliphatic carbocycles. The molecule has 0 saturated carbocycles. The molecular weight excluding hydrogens is 454 g/mol. The van der Waals surface area contributed by atoms with E-state index in [9.17, 15) is 9.59 Å². The van der Waals surface area contributed by atoms with E-state index in [1.54, 1.807) is 14.0 Å². The molecule has 4 rings (SSSR count). The quantitative estimate of drug-likeness (QED) is 0.554. The third-order valence-corrected chi connectivity index (χ3v) is 6.51. The Morgan fingerprint density at radius 3 is 2.66 bits per heavy atom. The number of para-hydroxylation sites is 1. The second kappa shape index (κ2) is 7.61. The predicted octanol–water partition coefficient (Wildman–Crippen LogP) is 4.55. The first-order valence-corrected chi connectivity index (χ1v) is 10.6. The first-order chi connectivity index (χ1) is 13.9. The SMILES string of the molecule is COc1ccccc1-c1nc(CN2C(=O)NC(C)(c3ccccc3Br)C2=O)cs1. The van der Waals surface area contributed by atoms with Crippen molar-refractivity contribution in [2.45, 2.75) is 19.0 Å². The monoisotopic (exact) mass is 471 g/mol. The van der Waals surface area contributed by atoms with Crippen LogP contribution in [0.3, 0.4) is 0 Å². The van der Waals surface area contributed by atoms with Gasteiger partial charge in [-0.1, -0.05) is 46.3 Å². The molecule has 1 atom stereocenters. The van der Waals surface area contributed by atoms with Gasteiger partial charge in [-0.3, -0.25) is 9.69 Å². The molecule has 1 aliphatic rings. The molecule has 0 bridgehead atoms. The number of carbonyl (C=O) groups is 2. The molecule has 2 heterocycles. The summed E-state index contributed by atoms with van der Waals surface area (Å²) in [7, 11) is 1.61. The summed E-state index contributed by atoms with van der Waals surface area (Å²) in [5.41, 5.74) is 1.12. The van der Waals surface area contributed by atoms with Gasteiger partial charge in [-0.15, -0.1) is 11.3 Å². The van der Waals surface area contributed by atoms with Crippen LogP contribution in [-0.4, -0.2) is 28.9 Å². The van der Waals surface area contributed by atoms with Crippen LogP contribution < -0.4 is 10.1 Å². The van der Waals surface area contributed by atoms with Crippen LogP contribution in [0.4, 0.5) is 4.79 Å². The Morgan fingerprint density at radius 1 is 1.17 bits per heavy atom. The van der Waals surface area contributed by atoms with E-state index in [1.807, 2.05) is 53.9 Å². The van der Waals surface area contributed by atoms with Crippen molar-refractivity contribution in [3.63, 3.8) is 0 Å². The molecule has 1 aliphatic heterocycles. The van der Waals surface area contributed by atoms with Crippen LogP contribution in [-0.2, 0) is 16.9 Å². The van der Waals surface area contributed by atoms with E-state index in [2.05, 4.69) is 26.2 Å². The Labute approximate surface area is 180 Å². The molecule has 1 fully saturated rings. The number of benzene rings is 2. The Balaban J connectivity index is 1.60. The maximum Gasteiger partial charge on any atom is 0.325 e. The zero-order valence-electron chi connectivity index (χ0n) is 15.8. The van der Waals surface area contributed by atoms with E-state index >= 15 is 0 Å². The van der Waals surface area contributed by atoms with Crippen LogP contribution in [0, 0.1) is 0 Å². The van der Waals surface area contributed by atoms with E-state index < -0.39 is 11.6 Å². The molecule has 1 N–H and O–H groups in total. The second-order valence-electron chi connectivity index (χ2n) is 6.77. The summed E-state index contributed by atoms with van der Waals surface area (Å²) < 4.78 is 6.17. The van der Waals surface area contributed by atoms with E-state index in [0.717, 1.165) is 20.8 Å². The van der Waals surface area contributed by atoms with E-state index in [4.69, 9.17) is 4.74 Å². The molecule has 3 amide bonds. The number of nitrogens with one attached hydrogen (secondary N) is 1. The molecular formula is C21H18BrN3O3S. The van der Waals surface area contributed by atoms with Gasteiger partial charge in [0.1, 0.15) is 16.3 Å². The minimum absolute atomic E-state index is 0.107. The molecule has 8 heteroatoms. The normalized spacial score (nSPS) is 18.8. The van der Waals surface area contributed by atoms with E-state index in [0.29, 0.717) is 11.3 Å². The number of halogens is 1. The van der Waals surface area contributed by atoms with E-state index in [1.165, 1.54) is 16.2 Å². The predicted molar refractivity (Wildman–Crippen MR) is 115 cm³/mol. The van der Waals surface area contributed by atoms with Crippen molar-refractivity contribution < 1.29 is 14.3 Å². The average Bonchev–Trinajstić information content (AvgIpc) is 3.27. The summed E-state index contributed by atoms with van der Waals surface area (Å²) in [5.74, 6) is 0.422. The second-order valence-corrected chi connectivity index (χ2v) is 8.48. The van der Waals surface area contributed by atoms with Gasteiger partial charge in [-0.2, -0.15) is 0 Å². The molecule has 29 heavy (non-hydrogen) atoms. The number of rotatable bonds is 5. The summed E-state index contributed by atoms with van der Waals surface area (Å²) in [6.45, 7) is 1.82. The van der Waals surface area contributed by atoms with Gasteiger partial charge < -0.3 is 10.1 Å². The Hall–Kier alpha value is -2.71. The lowest BCUT2D eigenvalue weighted by atomic mass is 9.92. The van der Waals surface area contributed by atoms with Crippen molar-refractivity contribution in [1.82, 2.24) is 15.2 Å². The summed E-state index contributed by atoms with van der Waals surface area (Å²) in [6.07, 6.45) is 0. The maximum absolute atomic E-state index is 13.1. The van der Waals surface area contributed by atoms with Crippen molar-refractivity contribution in [2.24, 2.45) is 0 Å². The van der Waals surface area contributed by atoms with Crippen molar-refractivity contribution in [2.75, 3.05) is 7.11 Å². The van der Waals surface area contributed by atoms with Gasteiger partial charge in [0.05, 0.1) is 24.9 Å².